The summed E-state index contributed by atoms with van der Waals surface area (Å²) in [5.41, 5.74) is 2.02. The highest BCUT2D eigenvalue weighted by Gasteiger charge is 2.46. The van der Waals surface area contributed by atoms with E-state index in [2.05, 4.69) is 6.08 Å². The summed E-state index contributed by atoms with van der Waals surface area (Å²) in [6.07, 6.45) is 8.42. The average Bonchev–Trinajstić information content (AvgIpc) is 3.43. The van der Waals surface area contributed by atoms with Gasteiger partial charge in [-0.15, -0.1) is 0 Å². The molecule has 1 aromatic carbocycles. The molecule has 1 aromatic rings. The zero-order chi connectivity index (χ0) is 24.2. The number of allylic oxidation sites excluding steroid dienone is 1. The maximum Gasteiger partial charge on any atom is 0.334 e. The van der Waals surface area contributed by atoms with Crippen LogP contribution in [0.1, 0.15) is 56.6 Å². The van der Waals surface area contributed by atoms with E-state index in [-0.39, 0.29) is 18.5 Å². The van der Waals surface area contributed by atoms with Gasteiger partial charge < -0.3 is 14.4 Å². The van der Waals surface area contributed by atoms with Gasteiger partial charge in [-0.1, -0.05) is 11.6 Å². The quantitative estimate of drug-likeness (QED) is 0.330. The number of amides is 5. The first-order valence-corrected chi connectivity index (χ1v) is 11.8. The van der Waals surface area contributed by atoms with Gasteiger partial charge in [0, 0.05) is 18.7 Å². The van der Waals surface area contributed by atoms with Crippen molar-refractivity contribution in [1.29, 1.82) is 0 Å². The van der Waals surface area contributed by atoms with Crippen LogP contribution < -0.4 is 9.47 Å². The van der Waals surface area contributed by atoms with Crippen LogP contribution in [0.15, 0.2) is 29.8 Å². The maximum absolute atomic E-state index is 13.2. The van der Waals surface area contributed by atoms with E-state index in [0.29, 0.717) is 24.5 Å². The molecular weight excluding hydrogens is 438 g/mol. The van der Waals surface area contributed by atoms with E-state index in [1.54, 1.807) is 31.3 Å². The first kappa shape index (κ1) is 23.8. The summed E-state index contributed by atoms with van der Waals surface area (Å²) >= 11 is 0. The summed E-state index contributed by atoms with van der Waals surface area (Å²) in [5.74, 6) is -0.891. The summed E-state index contributed by atoms with van der Waals surface area (Å²) < 4.78 is 10.8. The number of carbonyl (C=O) groups is 4. The SMILES string of the molecule is COc1ccc(OC)c([C@@H]2CCCN2C(=O)CN2C(=O)C(=O)N(CCC3=CCCCC3)C2=O)c1. The molecule has 0 radical (unpaired) electrons. The predicted molar refractivity (Wildman–Crippen MR) is 123 cm³/mol. The molecule has 1 atom stereocenters. The number of likely N-dealkylation sites (tertiary alicyclic amines) is 1. The number of urea groups is 1. The Hall–Kier alpha value is -3.36. The Morgan fingerprint density at radius 2 is 1.82 bits per heavy atom. The van der Waals surface area contributed by atoms with E-state index in [1.165, 1.54) is 5.57 Å². The van der Waals surface area contributed by atoms with Gasteiger partial charge in [0.25, 0.3) is 0 Å². The fourth-order valence-electron chi connectivity index (χ4n) is 4.99. The fourth-order valence-corrected chi connectivity index (χ4v) is 4.99. The van der Waals surface area contributed by atoms with E-state index in [4.69, 9.17) is 9.47 Å². The van der Waals surface area contributed by atoms with Gasteiger partial charge in [0.1, 0.15) is 18.0 Å². The Morgan fingerprint density at radius 3 is 2.53 bits per heavy atom. The van der Waals surface area contributed by atoms with E-state index in [9.17, 15) is 19.2 Å². The molecule has 2 fully saturated rings. The number of hydrogen-bond donors (Lipinski definition) is 0. The number of carbonyl (C=O) groups excluding carboxylic acids is 4. The molecule has 0 spiro atoms. The van der Waals surface area contributed by atoms with Gasteiger partial charge in [-0.2, -0.15) is 0 Å². The first-order valence-electron chi connectivity index (χ1n) is 11.8. The lowest BCUT2D eigenvalue weighted by molar-refractivity contribution is -0.145. The predicted octanol–water partition coefficient (Wildman–Crippen LogP) is 3.05. The minimum absolute atomic E-state index is 0.160. The van der Waals surface area contributed by atoms with Gasteiger partial charge >= 0.3 is 17.8 Å². The maximum atomic E-state index is 13.2. The van der Waals surface area contributed by atoms with Crippen molar-refractivity contribution >= 4 is 23.8 Å². The molecule has 0 N–H and O–H groups in total. The first-order chi connectivity index (χ1) is 16.4. The van der Waals surface area contributed by atoms with Crippen LogP contribution in [0.5, 0.6) is 11.5 Å². The van der Waals surface area contributed by atoms with Crippen LogP contribution in [-0.2, 0) is 14.4 Å². The van der Waals surface area contributed by atoms with Crippen LogP contribution in [0, 0.1) is 0 Å². The van der Waals surface area contributed by atoms with Gasteiger partial charge in [-0.3, -0.25) is 19.3 Å². The molecule has 3 aliphatic rings. The van der Waals surface area contributed by atoms with Crippen LogP contribution in [0.2, 0.25) is 0 Å². The van der Waals surface area contributed by atoms with Crippen molar-refractivity contribution in [1.82, 2.24) is 14.7 Å². The molecule has 4 rings (SSSR count). The van der Waals surface area contributed by atoms with E-state index >= 15 is 0 Å². The van der Waals surface area contributed by atoms with Crippen molar-refractivity contribution in [2.75, 3.05) is 33.9 Å². The minimum atomic E-state index is -0.939. The highest BCUT2D eigenvalue weighted by Crippen LogP contribution is 2.39. The topological polar surface area (TPSA) is 96.5 Å². The highest BCUT2D eigenvalue weighted by atomic mass is 16.5. The zero-order valence-electron chi connectivity index (χ0n) is 19.7. The summed E-state index contributed by atoms with van der Waals surface area (Å²) in [5, 5.41) is 0. The number of hydrogen-bond acceptors (Lipinski definition) is 6. The number of methoxy groups -OCH3 is 2. The summed E-state index contributed by atoms with van der Waals surface area (Å²) in [6, 6.07) is 4.44. The van der Waals surface area contributed by atoms with Gasteiger partial charge in [-0.05, 0) is 63.1 Å². The number of imide groups is 2. The third-order valence-electron chi connectivity index (χ3n) is 6.84. The number of rotatable bonds is 8. The fraction of sp³-hybridized carbons (Fsp3) is 0.520. The molecule has 0 saturated carbocycles. The van der Waals surface area contributed by atoms with Crippen molar-refractivity contribution in [2.24, 2.45) is 0 Å². The molecule has 182 valence electrons. The van der Waals surface area contributed by atoms with Gasteiger partial charge in [-0.25, -0.2) is 9.69 Å². The molecule has 2 aliphatic heterocycles. The summed E-state index contributed by atoms with van der Waals surface area (Å²) in [4.78, 5) is 54.5. The van der Waals surface area contributed by atoms with Crippen LogP contribution in [0.4, 0.5) is 4.79 Å². The van der Waals surface area contributed by atoms with E-state index in [0.717, 1.165) is 53.9 Å². The largest absolute Gasteiger partial charge is 0.497 e. The molecular formula is C25H31N3O6. The number of benzene rings is 1. The van der Waals surface area contributed by atoms with Crippen molar-refractivity contribution in [2.45, 2.75) is 51.0 Å². The lowest BCUT2D eigenvalue weighted by Gasteiger charge is -2.28. The third kappa shape index (κ3) is 4.64. The van der Waals surface area contributed by atoms with Crippen molar-refractivity contribution < 1.29 is 28.7 Å². The Kier molecular flexibility index (Phi) is 7.19. The molecule has 5 amide bonds. The highest BCUT2D eigenvalue weighted by molar-refractivity contribution is 6.45. The number of ether oxygens (including phenoxy) is 2. The zero-order valence-corrected chi connectivity index (χ0v) is 19.7. The van der Waals surface area contributed by atoms with Gasteiger partial charge in [0.2, 0.25) is 5.91 Å². The molecule has 0 aromatic heterocycles. The smallest absolute Gasteiger partial charge is 0.334 e. The Balaban J connectivity index is 1.45. The number of nitrogens with zero attached hydrogens (tertiary/aromatic N) is 3. The third-order valence-corrected chi connectivity index (χ3v) is 6.84. The normalized spacial score (nSPS) is 20.8. The Bertz CT molecular complexity index is 1020. The van der Waals surface area contributed by atoms with Gasteiger partial charge in [0.05, 0.1) is 20.3 Å². The van der Waals surface area contributed by atoms with Crippen molar-refractivity contribution in [3.63, 3.8) is 0 Å². The van der Waals surface area contributed by atoms with E-state index < -0.39 is 24.4 Å². The van der Waals surface area contributed by atoms with Crippen molar-refractivity contribution in [3.8, 4) is 11.5 Å². The lowest BCUT2D eigenvalue weighted by Crippen LogP contribution is -2.43. The molecule has 1 aliphatic carbocycles. The van der Waals surface area contributed by atoms with Crippen LogP contribution in [0.3, 0.4) is 0 Å². The Labute approximate surface area is 199 Å². The lowest BCUT2D eigenvalue weighted by atomic mass is 9.97. The van der Waals surface area contributed by atoms with Crippen LogP contribution in [-0.4, -0.2) is 72.3 Å². The van der Waals surface area contributed by atoms with Crippen molar-refractivity contribution in [3.05, 3.63) is 35.4 Å². The molecule has 2 heterocycles. The monoisotopic (exact) mass is 469 g/mol. The minimum Gasteiger partial charge on any atom is -0.497 e. The Morgan fingerprint density at radius 1 is 1.03 bits per heavy atom. The van der Waals surface area contributed by atoms with E-state index in [1.807, 2.05) is 6.07 Å². The average molecular weight is 470 g/mol. The second kappa shape index (κ2) is 10.3. The van der Waals surface area contributed by atoms with Crippen LogP contribution in [0.25, 0.3) is 0 Å². The molecule has 0 bridgehead atoms. The second-order valence-corrected chi connectivity index (χ2v) is 8.84. The standard InChI is InChI=1S/C25H31N3O6/c1-33-18-10-11-21(34-2)19(15-18)20-9-6-13-26(20)22(29)16-28-24(31)23(30)27(25(28)32)14-12-17-7-4-3-5-8-17/h7,10-11,15,20H,3-6,8-9,12-14,16H2,1-2H3/t20-/m0/s1. The van der Waals surface area contributed by atoms with Gasteiger partial charge in [0.15, 0.2) is 0 Å². The molecule has 2 saturated heterocycles. The molecule has 34 heavy (non-hydrogen) atoms. The molecule has 0 unspecified atom stereocenters. The molecule has 9 heteroatoms. The molecule has 9 nitrogen and oxygen atoms in total. The summed E-state index contributed by atoms with van der Waals surface area (Å²) in [6.45, 7) is 0.199. The van der Waals surface area contributed by atoms with Crippen LogP contribution >= 0.6 is 0 Å². The summed E-state index contributed by atoms with van der Waals surface area (Å²) in [7, 11) is 3.14. The second-order valence-electron chi connectivity index (χ2n) is 8.84.